The normalized spacial score (nSPS) is 20.9. The average Bonchev–Trinajstić information content (AvgIpc) is 3.16. The number of nitrogens with zero attached hydrogens (tertiary/aromatic N) is 2. The Morgan fingerprint density at radius 3 is 2.83 bits per heavy atom. The number of hydrogen-bond donors (Lipinski definition) is 2. The van der Waals surface area contributed by atoms with Gasteiger partial charge in [0.1, 0.15) is 0 Å². The summed E-state index contributed by atoms with van der Waals surface area (Å²) < 4.78 is 5.31. The Morgan fingerprint density at radius 1 is 1.48 bits per heavy atom. The van der Waals surface area contributed by atoms with Crippen molar-refractivity contribution in [2.45, 2.75) is 64.5 Å². The van der Waals surface area contributed by atoms with Crippen molar-refractivity contribution >= 4 is 6.03 Å². The van der Waals surface area contributed by atoms with Gasteiger partial charge in [0.25, 0.3) is 0 Å². The van der Waals surface area contributed by atoms with Crippen LogP contribution in [0.3, 0.4) is 0 Å². The zero-order valence-electron chi connectivity index (χ0n) is 14.4. The van der Waals surface area contributed by atoms with Crippen molar-refractivity contribution in [3.05, 3.63) is 17.5 Å². The maximum atomic E-state index is 12.1. The Labute approximate surface area is 138 Å². The molecule has 2 atom stereocenters. The van der Waals surface area contributed by atoms with Crippen LogP contribution >= 0.6 is 0 Å². The number of rotatable bonds is 7. The first-order valence-electron chi connectivity index (χ1n) is 8.67. The van der Waals surface area contributed by atoms with Crippen LogP contribution in [-0.2, 0) is 6.54 Å². The van der Waals surface area contributed by atoms with E-state index in [2.05, 4.69) is 24.3 Å². The molecule has 1 heterocycles. The molecule has 2 unspecified atom stereocenters. The van der Waals surface area contributed by atoms with Crippen LogP contribution in [0.25, 0.3) is 0 Å². The molecule has 1 aliphatic carbocycles. The van der Waals surface area contributed by atoms with E-state index in [1.54, 1.807) is 11.9 Å². The molecule has 6 heteroatoms. The summed E-state index contributed by atoms with van der Waals surface area (Å²) >= 11 is 0. The molecule has 1 aromatic rings. The number of amides is 2. The van der Waals surface area contributed by atoms with Crippen molar-refractivity contribution in [3.8, 4) is 0 Å². The van der Waals surface area contributed by atoms with E-state index in [4.69, 9.17) is 4.52 Å². The van der Waals surface area contributed by atoms with Crippen molar-refractivity contribution in [1.82, 2.24) is 15.4 Å². The number of aromatic nitrogens is 1. The second-order valence-electron chi connectivity index (χ2n) is 6.53. The topological polar surface area (TPSA) is 78.6 Å². The molecule has 130 valence electrons. The highest BCUT2D eigenvalue weighted by Gasteiger charge is 2.27. The number of nitrogens with one attached hydrogen (secondary N) is 1. The van der Waals surface area contributed by atoms with Crippen LogP contribution in [0, 0.1) is 5.92 Å². The predicted octanol–water partition coefficient (Wildman–Crippen LogP) is 2.88. The average molecular weight is 323 g/mol. The van der Waals surface area contributed by atoms with Gasteiger partial charge in [-0.25, -0.2) is 4.79 Å². The number of hydrogen-bond acceptors (Lipinski definition) is 4. The number of carbonyl (C=O) groups excluding carboxylic acids is 1. The molecule has 0 bridgehead atoms. The lowest BCUT2D eigenvalue weighted by atomic mass is 9.99. The fourth-order valence-corrected chi connectivity index (χ4v) is 3.27. The van der Waals surface area contributed by atoms with E-state index < -0.39 is 0 Å². The van der Waals surface area contributed by atoms with Crippen LogP contribution in [0.1, 0.15) is 63.3 Å². The second kappa shape index (κ2) is 8.34. The minimum absolute atomic E-state index is 0.149. The molecule has 0 radical (unpaired) electrons. The molecule has 6 nitrogen and oxygen atoms in total. The highest BCUT2D eigenvalue weighted by Crippen LogP contribution is 2.26. The molecule has 2 rings (SSSR count). The van der Waals surface area contributed by atoms with E-state index in [9.17, 15) is 9.90 Å². The summed E-state index contributed by atoms with van der Waals surface area (Å²) in [5.74, 6) is 1.28. The van der Waals surface area contributed by atoms with E-state index in [0.29, 0.717) is 24.8 Å². The molecular formula is C17H29N3O3. The zero-order valence-corrected chi connectivity index (χ0v) is 14.4. The molecule has 0 aromatic carbocycles. The highest BCUT2D eigenvalue weighted by atomic mass is 16.5. The van der Waals surface area contributed by atoms with Crippen LogP contribution in [0.4, 0.5) is 4.79 Å². The molecular weight excluding hydrogens is 294 g/mol. The Kier molecular flexibility index (Phi) is 6.45. The van der Waals surface area contributed by atoms with E-state index in [0.717, 1.165) is 37.8 Å². The van der Waals surface area contributed by atoms with Gasteiger partial charge in [0.15, 0.2) is 5.76 Å². The van der Waals surface area contributed by atoms with Crippen LogP contribution in [-0.4, -0.2) is 40.9 Å². The van der Waals surface area contributed by atoms with E-state index >= 15 is 0 Å². The number of carbonyl (C=O) groups is 1. The summed E-state index contributed by atoms with van der Waals surface area (Å²) in [6.07, 6.45) is 4.65. The Balaban J connectivity index is 1.79. The third-order valence-electron chi connectivity index (χ3n) is 4.87. The molecule has 0 spiro atoms. The van der Waals surface area contributed by atoms with Gasteiger partial charge in [0.2, 0.25) is 0 Å². The van der Waals surface area contributed by atoms with Gasteiger partial charge in [-0.05, 0) is 25.7 Å². The molecule has 1 aromatic heterocycles. The Hall–Kier alpha value is -1.56. The maximum Gasteiger partial charge on any atom is 0.317 e. The van der Waals surface area contributed by atoms with Gasteiger partial charge in [-0.2, -0.15) is 0 Å². The predicted molar refractivity (Wildman–Crippen MR) is 88.0 cm³/mol. The van der Waals surface area contributed by atoms with Gasteiger partial charge in [0, 0.05) is 31.5 Å². The summed E-state index contributed by atoms with van der Waals surface area (Å²) in [5.41, 5.74) is 0.960. The van der Waals surface area contributed by atoms with Gasteiger partial charge in [0.05, 0.1) is 18.3 Å². The Bertz CT molecular complexity index is 499. The first-order chi connectivity index (χ1) is 11.0. The van der Waals surface area contributed by atoms with Crippen molar-refractivity contribution in [1.29, 1.82) is 0 Å². The number of urea groups is 1. The quantitative estimate of drug-likeness (QED) is 0.809. The van der Waals surface area contributed by atoms with Gasteiger partial charge in [-0.15, -0.1) is 0 Å². The van der Waals surface area contributed by atoms with Crippen LogP contribution in [0.5, 0.6) is 0 Å². The van der Waals surface area contributed by atoms with Crippen molar-refractivity contribution < 1.29 is 14.4 Å². The smallest absolute Gasteiger partial charge is 0.317 e. The van der Waals surface area contributed by atoms with Crippen LogP contribution in [0.15, 0.2) is 10.6 Å². The molecule has 2 N–H and O–H groups in total. The maximum absolute atomic E-state index is 12.1. The Morgan fingerprint density at radius 2 is 2.22 bits per heavy atom. The lowest BCUT2D eigenvalue weighted by Gasteiger charge is -2.23. The second-order valence-corrected chi connectivity index (χ2v) is 6.53. The zero-order chi connectivity index (χ0) is 16.8. The highest BCUT2D eigenvalue weighted by molar-refractivity contribution is 5.73. The van der Waals surface area contributed by atoms with Crippen molar-refractivity contribution in [2.24, 2.45) is 5.92 Å². The molecule has 1 aliphatic rings. The molecule has 2 amide bonds. The number of aliphatic hydroxyl groups is 1. The monoisotopic (exact) mass is 323 g/mol. The molecule has 1 saturated carbocycles. The summed E-state index contributed by atoms with van der Waals surface area (Å²) in [6.45, 7) is 5.19. The number of aliphatic hydroxyl groups excluding tert-OH is 1. The lowest BCUT2D eigenvalue weighted by molar-refractivity contribution is 0.113. The van der Waals surface area contributed by atoms with Crippen molar-refractivity contribution in [3.63, 3.8) is 0 Å². The van der Waals surface area contributed by atoms with Crippen LogP contribution < -0.4 is 5.32 Å². The first-order valence-corrected chi connectivity index (χ1v) is 8.67. The molecule has 0 saturated heterocycles. The SMILES string of the molecule is CCC(CC)c1cc(CNC(=O)N(C)CC2CCCC2O)on1. The first kappa shape index (κ1) is 17.8. The minimum Gasteiger partial charge on any atom is -0.393 e. The third kappa shape index (κ3) is 4.70. The third-order valence-corrected chi connectivity index (χ3v) is 4.87. The summed E-state index contributed by atoms with van der Waals surface area (Å²) in [7, 11) is 1.76. The largest absolute Gasteiger partial charge is 0.393 e. The van der Waals surface area contributed by atoms with Gasteiger partial charge >= 0.3 is 6.03 Å². The molecule has 0 aliphatic heterocycles. The fourth-order valence-electron chi connectivity index (χ4n) is 3.27. The van der Waals surface area contributed by atoms with Gasteiger partial charge < -0.3 is 19.8 Å². The molecule has 23 heavy (non-hydrogen) atoms. The van der Waals surface area contributed by atoms with E-state index in [1.165, 1.54) is 0 Å². The van der Waals surface area contributed by atoms with Crippen LogP contribution in [0.2, 0.25) is 0 Å². The molecule has 1 fully saturated rings. The van der Waals surface area contributed by atoms with Crippen molar-refractivity contribution in [2.75, 3.05) is 13.6 Å². The van der Waals surface area contributed by atoms with E-state index in [-0.39, 0.29) is 18.1 Å². The standard InChI is InChI=1S/C17H29N3O3/c1-4-12(5-2)15-9-14(23-19-15)10-18-17(22)20(3)11-13-7-6-8-16(13)21/h9,12-13,16,21H,4-8,10-11H2,1-3H3,(H,18,22). The summed E-state index contributed by atoms with van der Waals surface area (Å²) in [6, 6.07) is 1.78. The lowest BCUT2D eigenvalue weighted by Crippen LogP contribution is -2.40. The fraction of sp³-hybridized carbons (Fsp3) is 0.765. The van der Waals surface area contributed by atoms with Gasteiger partial charge in [-0.1, -0.05) is 25.4 Å². The summed E-state index contributed by atoms with van der Waals surface area (Å²) in [4.78, 5) is 13.8. The summed E-state index contributed by atoms with van der Waals surface area (Å²) in [5, 5.41) is 16.8. The van der Waals surface area contributed by atoms with E-state index in [1.807, 2.05) is 6.07 Å². The minimum atomic E-state index is -0.276. The van der Waals surface area contributed by atoms with Gasteiger partial charge in [-0.3, -0.25) is 0 Å².